The average molecular weight is 495 g/mol. The second kappa shape index (κ2) is 9.91. The number of carbonyl (C=O) groups excluding carboxylic acids is 2. The number of hydrogen-bond acceptors (Lipinski definition) is 4. The third kappa shape index (κ3) is 4.50. The minimum Gasteiger partial charge on any atom is -0.450 e. The van der Waals surface area contributed by atoms with E-state index >= 15 is 0 Å². The van der Waals surface area contributed by atoms with Gasteiger partial charge in [0.1, 0.15) is 6.04 Å². The summed E-state index contributed by atoms with van der Waals surface area (Å²) in [4.78, 5) is 35.9. The third-order valence-electron chi connectivity index (χ3n) is 7.15. The molecule has 1 fully saturated rings. The van der Waals surface area contributed by atoms with Crippen LogP contribution in [0, 0.1) is 0 Å². The summed E-state index contributed by atoms with van der Waals surface area (Å²) in [5, 5.41) is 1.75. The molecule has 1 atom stereocenters. The summed E-state index contributed by atoms with van der Waals surface area (Å²) in [7, 11) is 0. The van der Waals surface area contributed by atoms with Crippen LogP contribution in [0.5, 0.6) is 0 Å². The standard InChI is InChI=1S/C27H31ClN4O3/c1-3-30-12-14-31(15-13-30)26(33)19-7-5-6-18(16-19)25-24-21(10-11-32(25)27(34)35-4-2)22-17-20(28)8-9-23(22)29-24/h5-9,16-17,25,29H,3-4,10-15H2,1-2H3. The van der Waals surface area contributed by atoms with Crippen molar-refractivity contribution in [2.24, 2.45) is 0 Å². The van der Waals surface area contributed by atoms with Crippen LogP contribution >= 0.6 is 11.6 Å². The van der Waals surface area contributed by atoms with Crippen molar-refractivity contribution in [1.29, 1.82) is 0 Å². The summed E-state index contributed by atoms with van der Waals surface area (Å²) >= 11 is 6.30. The van der Waals surface area contributed by atoms with Crippen molar-refractivity contribution in [1.82, 2.24) is 19.7 Å². The first-order chi connectivity index (χ1) is 17.0. The Morgan fingerprint density at radius 1 is 1.06 bits per heavy atom. The van der Waals surface area contributed by atoms with Gasteiger partial charge in [-0.15, -0.1) is 0 Å². The van der Waals surface area contributed by atoms with Gasteiger partial charge in [0, 0.05) is 59.9 Å². The normalized spacial score (nSPS) is 18.5. The quantitative estimate of drug-likeness (QED) is 0.570. The fraction of sp³-hybridized carbons (Fsp3) is 0.407. The van der Waals surface area contributed by atoms with Crippen molar-refractivity contribution in [3.63, 3.8) is 0 Å². The SMILES string of the molecule is CCOC(=O)N1CCc2c([nH]c3ccc(Cl)cc23)C1c1cccc(C(=O)N2CCN(CC)CC2)c1. The number of hydrogen-bond donors (Lipinski definition) is 1. The minimum absolute atomic E-state index is 0.0322. The summed E-state index contributed by atoms with van der Waals surface area (Å²) in [6.07, 6.45) is 0.345. The molecule has 0 spiro atoms. The molecule has 184 valence electrons. The lowest BCUT2D eigenvalue weighted by Gasteiger charge is -2.36. The number of fused-ring (bicyclic) bond motifs is 3. The number of halogens is 1. The van der Waals surface area contributed by atoms with E-state index in [1.165, 1.54) is 0 Å². The van der Waals surface area contributed by atoms with Crippen LogP contribution in [0.4, 0.5) is 4.79 Å². The van der Waals surface area contributed by atoms with E-state index in [2.05, 4.69) is 16.8 Å². The van der Waals surface area contributed by atoms with Gasteiger partial charge in [0.15, 0.2) is 0 Å². The number of benzene rings is 2. The van der Waals surface area contributed by atoms with Crippen LogP contribution in [0.1, 0.15) is 47.1 Å². The molecule has 0 bridgehead atoms. The number of H-pyrrole nitrogens is 1. The number of carbonyl (C=O) groups is 2. The summed E-state index contributed by atoms with van der Waals surface area (Å²) in [5.41, 5.74) is 4.61. The zero-order chi connectivity index (χ0) is 24.5. The second-order valence-electron chi connectivity index (χ2n) is 9.10. The van der Waals surface area contributed by atoms with Gasteiger partial charge in [-0.25, -0.2) is 4.79 Å². The molecular formula is C27H31ClN4O3. The molecule has 3 heterocycles. The van der Waals surface area contributed by atoms with Crippen molar-refractivity contribution in [2.75, 3.05) is 45.9 Å². The Labute approximate surface area is 210 Å². The molecule has 8 heteroatoms. The largest absolute Gasteiger partial charge is 0.450 e. The maximum absolute atomic E-state index is 13.4. The Balaban J connectivity index is 1.53. The van der Waals surface area contributed by atoms with E-state index in [0.717, 1.165) is 60.4 Å². The first-order valence-corrected chi connectivity index (χ1v) is 12.7. The van der Waals surface area contributed by atoms with Crippen LogP contribution in [0.15, 0.2) is 42.5 Å². The maximum Gasteiger partial charge on any atom is 0.410 e. The van der Waals surface area contributed by atoms with Crippen molar-refractivity contribution in [3.8, 4) is 0 Å². The Kier molecular flexibility index (Phi) is 6.71. The number of nitrogens with zero attached hydrogens (tertiary/aromatic N) is 3. The summed E-state index contributed by atoms with van der Waals surface area (Å²) < 4.78 is 5.41. The molecule has 1 N–H and O–H groups in total. The van der Waals surface area contributed by atoms with E-state index in [4.69, 9.17) is 16.3 Å². The van der Waals surface area contributed by atoms with E-state index in [0.29, 0.717) is 30.2 Å². The molecular weight excluding hydrogens is 464 g/mol. The fourth-order valence-electron chi connectivity index (χ4n) is 5.30. The number of rotatable bonds is 4. The number of amides is 2. The molecule has 2 aliphatic rings. The van der Waals surface area contributed by atoms with Gasteiger partial charge in [-0.2, -0.15) is 0 Å². The lowest BCUT2D eigenvalue weighted by molar-refractivity contribution is 0.0643. The highest BCUT2D eigenvalue weighted by molar-refractivity contribution is 6.31. The van der Waals surface area contributed by atoms with Crippen LogP contribution in [0.3, 0.4) is 0 Å². The summed E-state index contributed by atoms with van der Waals surface area (Å²) in [5.74, 6) is 0.0322. The van der Waals surface area contributed by atoms with E-state index in [1.54, 1.807) is 4.90 Å². The van der Waals surface area contributed by atoms with Crippen molar-refractivity contribution < 1.29 is 14.3 Å². The van der Waals surface area contributed by atoms with Crippen LogP contribution in [0.2, 0.25) is 5.02 Å². The molecule has 2 amide bonds. The van der Waals surface area contributed by atoms with Crippen molar-refractivity contribution in [3.05, 3.63) is 69.9 Å². The molecule has 35 heavy (non-hydrogen) atoms. The van der Waals surface area contributed by atoms with Gasteiger partial charge in [-0.3, -0.25) is 9.69 Å². The van der Waals surface area contributed by atoms with E-state index in [-0.39, 0.29) is 18.0 Å². The number of nitrogens with one attached hydrogen (secondary N) is 1. The fourth-order valence-corrected chi connectivity index (χ4v) is 5.47. The van der Waals surface area contributed by atoms with Gasteiger partial charge in [-0.05, 0) is 61.3 Å². The van der Waals surface area contributed by atoms with Gasteiger partial charge in [0.25, 0.3) is 5.91 Å². The van der Waals surface area contributed by atoms with Crippen LogP contribution < -0.4 is 0 Å². The zero-order valence-corrected chi connectivity index (χ0v) is 21.0. The molecule has 3 aromatic rings. The van der Waals surface area contributed by atoms with Crippen molar-refractivity contribution in [2.45, 2.75) is 26.3 Å². The summed E-state index contributed by atoms with van der Waals surface area (Å²) in [6, 6.07) is 13.1. The first kappa shape index (κ1) is 23.7. The van der Waals surface area contributed by atoms with Gasteiger partial charge in [0.2, 0.25) is 0 Å². The van der Waals surface area contributed by atoms with Crippen LogP contribution in [0.25, 0.3) is 10.9 Å². The van der Waals surface area contributed by atoms with E-state index in [9.17, 15) is 9.59 Å². The lowest BCUT2D eigenvalue weighted by Crippen LogP contribution is -2.48. The average Bonchev–Trinajstić information content (AvgIpc) is 3.25. The second-order valence-corrected chi connectivity index (χ2v) is 9.54. The number of aromatic nitrogens is 1. The highest BCUT2D eigenvalue weighted by Gasteiger charge is 2.36. The molecule has 7 nitrogen and oxygen atoms in total. The summed E-state index contributed by atoms with van der Waals surface area (Å²) in [6.45, 7) is 9.01. The Morgan fingerprint density at radius 3 is 2.60 bits per heavy atom. The minimum atomic E-state index is -0.381. The number of ether oxygens (including phenoxy) is 1. The van der Waals surface area contributed by atoms with Gasteiger partial charge >= 0.3 is 6.09 Å². The monoisotopic (exact) mass is 494 g/mol. The highest BCUT2D eigenvalue weighted by atomic mass is 35.5. The Bertz CT molecular complexity index is 1250. The van der Waals surface area contributed by atoms with Gasteiger partial charge in [0.05, 0.1) is 6.61 Å². The van der Waals surface area contributed by atoms with Crippen molar-refractivity contribution >= 4 is 34.5 Å². The van der Waals surface area contributed by atoms with Crippen LogP contribution in [-0.4, -0.2) is 77.6 Å². The number of likely N-dealkylation sites (N-methyl/N-ethyl adjacent to an activating group) is 1. The zero-order valence-electron chi connectivity index (χ0n) is 20.2. The molecule has 2 aromatic carbocycles. The Hall–Kier alpha value is -3.03. The van der Waals surface area contributed by atoms with E-state index < -0.39 is 0 Å². The molecule has 5 rings (SSSR count). The van der Waals surface area contributed by atoms with Crippen LogP contribution in [-0.2, 0) is 11.2 Å². The van der Waals surface area contributed by atoms with Gasteiger partial charge < -0.3 is 19.5 Å². The molecule has 1 aromatic heterocycles. The maximum atomic E-state index is 13.4. The van der Waals surface area contributed by atoms with E-state index in [1.807, 2.05) is 54.3 Å². The molecule has 0 aliphatic carbocycles. The molecule has 0 saturated carbocycles. The first-order valence-electron chi connectivity index (χ1n) is 12.3. The predicted molar refractivity (Wildman–Crippen MR) is 137 cm³/mol. The smallest absolute Gasteiger partial charge is 0.410 e. The molecule has 1 saturated heterocycles. The molecule has 1 unspecified atom stereocenters. The predicted octanol–water partition coefficient (Wildman–Crippen LogP) is 4.70. The topological polar surface area (TPSA) is 68.9 Å². The Morgan fingerprint density at radius 2 is 1.86 bits per heavy atom. The highest BCUT2D eigenvalue weighted by Crippen LogP contribution is 2.39. The number of aromatic amines is 1. The number of piperazine rings is 1. The molecule has 2 aliphatic heterocycles. The third-order valence-corrected chi connectivity index (χ3v) is 7.38. The van der Waals surface area contributed by atoms with Gasteiger partial charge in [-0.1, -0.05) is 30.7 Å². The lowest BCUT2D eigenvalue weighted by atomic mass is 9.91. The molecule has 0 radical (unpaired) electrons.